The van der Waals surface area contributed by atoms with Crippen LogP contribution >= 0.6 is 0 Å². The van der Waals surface area contributed by atoms with E-state index in [0.29, 0.717) is 18.8 Å². The number of hydrogen-bond acceptors (Lipinski definition) is 5. The van der Waals surface area contributed by atoms with Gasteiger partial charge in [-0.1, -0.05) is 0 Å². The fourth-order valence-corrected chi connectivity index (χ4v) is 2.24. The predicted octanol–water partition coefficient (Wildman–Crippen LogP) is -0.743. The molecule has 0 saturated carbocycles. The highest BCUT2D eigenvalue weighted by molar-refractivity contribution is 7.89. The van der Waals surface area contributed by atoms with Crippen molar-refractivity contribution >= 4 is 27.4 Å². The van der Waals surface area contributed by atoms with Gasteiger partial charge in [-0.2, -0.15) is 0 Å². The fourth-order valence-electron chi connectivity index (χ4n) is 1.41. The smallest absolute Gasteiger partial charge is 0.312 e. The van der Waals surface area contributed by atoms with Crippen LogP contribution < -0.4 is 26.8 Å². The molecule has 0 aliphatic carbocycles. The first-order valence-electron chi connectivity index (χ1n) is 5.47. The molecule has 9 heteroatoms. The summed E-state index contributed by atoms with van der Waals surface area (Å²) in [5.41, 5.74) is 11.4. The summed E-state index contributed by atoms with van der Waals surface area (Å²) >= 11 is 0. The van der Waals surface area contributed by atoms with Gasteiger partial charge in [-0.3, -0.25) is 0 Å². The highest BCUT2D eigenvalue weighted by Crippen LogP contribution is 2.21. The fraction of sp³-hybridized carbons (Fsp3) is 0.300. The topological polar surface area (TPSA) is 139 Å². The molecule has 0 aliphatic rings. The van der Waals surface area contributed by atoms with Crippen molar-refractivity contribution in [1.29, 1.82) is 0 Å². The summed E-state index contributed by atoms with van der Waals surface area (Å²) in [7, 11) is -2.24. The highest BCUT2D eigenvalue weighted by atomic mass is 32.2. The van der Waals surface area contributed by atoms with Gasteiger partial charge in [-0.05, 0) is 25.2 Å². The lowest BCUT2D eigenvalue weighted by Crippen LogP contribution is -2.33. The van der Waals surface area contributed by atoms with Gasteiger partial charge in [0.25, 0.3) is 0 Å². The van der Waals surface area contributed by atoms with Crippen molar-refractivity contribution in [3.63, 3.8) is 0 Å². The number of anilines is 2. The Balaban J connectivity index is 2.70. The van der Waals surface area contributed by atoms with Crippen LogP contribution in [0.5, 0.6) is 0 Å². The van der Waals surface area contributed by atoms with Crippen molar-refractivity contribution in [1.82, 2.24) is 10.0 Å². The van der Waals surface area contributed by atoms with Crippen LogP contribution in [-0.2, 0) is 10.0 Å². The Morgan fingerprint density at radius 3 is 2.53 bits per heavy atom. The average molecular weight is 287 g/mol. The summed E-state index contributed by atoms with van der Waals surface area (Å²) in [4.78, 5) is 10.5. The molecule has 1 rings (SSSR count). The first-order valence-corrected chi connectivity index (χ1v) is 6.95. The Hall–Kier alpha value is -2.00. The number of rotatable bonds is 6. The number of primary amides is 1. The predicted molar refractivity (Wildman–Crippen MR) is 73.2 cm³/mol. The maximum atomic E-state index is 11.6. The second-order valence-corrected chi connectivity index (χ2v) is 5.53. The van der Waals surface area contributed by atoms with Crippen molar-refractivity contribution in [3.05, 3.63) is 18.2 Å². The van der Waals surface area contributed by atoms with Crippen LogP contribution in [0.2, 0.25) is 0 Å². The van der Waals surface area contributed by atoms with Crippen LogP contribution in [0.25, 0.3) is 0 Å². The summed E-state index contributed by atoms with van der Waals surface area (Å²) in [6, 6.07) is 3.90. The lowest BCUT2D eigenvalue weighted by Gasteiger charge is -2.10. The Labute approximate surface area is 111 Å². The normalized spacial score (nSPS) is 11.0. The van der Waals surface area contributed by atoms with E-state index in [2.05, 4.69) is 15.4 Å². The van der Waals surface area contributed by atoms with Gasteiger partial charge in [0.2, 0.25) is 10.0 Å². The SMILES string of the molecule is CNS(=O)(=O)c1ccc(NCCNC(N)=O)cc1N. The molecule has 0 saturated heterocycles. The third-order valence-electron chi connectivity index (χ3n) is 2.32. The minimum Gasteiger partial charge on any atom is -0.398 e. The number of nitrogens with two attached hydrogens (primary N) is 2. The van der Waals surface area contributed by atoms with Gasteiger partial charge in [0.05, 0.1) is 5.69 Å². The zero-order valence-electron chi connectivity index (χ0n) is 10.4. The van der Waals surface area contributed by atoms with Crippen molar-refractivity contribution in [2.45, 2.75) is 4.90 Å². The number of nitrogen functional groups attached to an aromatic ring is 1. The van der Waals surface area contributed by atoms with Crippen LogP contribution in [0, 0.1) is 0 Å². The monoisotopic (exact) mass is 287 g/mol. The molecule has 0 aromatic heterocycles. The number of nitrogens with one attached hydrogen (secondary N) is 3. The van der Waals surface area contributed by atoms with E-state index in [-0.39, 0.29) is 10.6 Å². The molecule has 0 spiro atoms. The van der Waals surface area contributed by atoms with Crippen LogP contribution in [0.4, 0.5) is 16.2 Å². The number of amides is 2. The molecule has 8 nitrogen and oxygen atoms in total. The van der Waals surface area contributed by atoms with Crippen LogP contribution in [0.3, 0.4) is 0 Å². The third kappa shape index (κ3) is 4.30. The number of urea groups is 1. The minimum absolute atomic E-state index is 0.0239. The Kier molecular flexibility index (Phi) is 4.95. The van der Waals surface area contributed by atoms with Crippen molar-refractivity contribution in [2.24, 2.45) is 5.73 Å². The molecule has 0 unspecified atom stereocenters. The van der Waals surface area contributed by atoms with Gasteiger partial charge < -0.3 is 22.1 Å². The quantitative estimate of drug-likeness (QED) is 0.346. The first kappa shape index (κ1) is 15.1. The molecule has 1 aromatic rings. The molecule has 0 radical (unpaired) electrons. The maximum absolute atomic E-state index is 11.6. The van der Waals surface area contributed by atoms with Gasteiger partial charge in [-0.25, -0.2) is 17.9 Å². The van der Waals surface area contributed by atoms with Crippen LogP contribution in [0.1, 0.15) is 0 Å². The molecule has 0 fully saturated rings. The van der Waals surface area contributed by atoms with E-state index < -0.39 is 16.1 Å². The molecule has 0 aliphatic heterocycles. The van der Waals surface area contributed by atoms with E-state index in [1.807, 2.05) is 0 Å². The molecule has 106 valence electrons. The molecule has 0 atom stereocenters. The zero-order chi connectivity index (χ0) is 14.5. The second-order valence-electron chi connectivity index (χ2n) is 3.68. The Morgan fingerprint density at radius 2 is 2.00 bits per heavy atom. The summed E-state index contributed by atoms with van der Waals surface area (Å²) in [6.45, 7) is 0.798. The van der Waals surface area contributed by atoms with E-state index in [1.165, 1.54) is 19.2 Å². The second kappa shape index (κ2) is 6.25. The minimum atomic E-state index is -3.56. The lowest BCUT2D eigenvalue weighted by molar-refractivity contribution is 0.249. The van der Waals surface area contributed by atoms with Gasteiger partial charge in [0, 0.05) is 18.8 Å². The summed E-state index contributed by atoms with van der Waals surface area (Å²) in [5.74, 6) is 0. The molecule has 1 aromatic carbocycles. The van der Waals surface area contributed by atoms with E-state index in [9.17, 15) is 13.2 Å². The van der Waals surface area contributed by atoms with Crippen molar-refractivity contribution in [2.75, 3.05) is 31.2 Å². The van der Waals surface area contributed by atoms with Crippen molar-refractivity contribution in [3.8, 4) is 0 Å². The summed E-state index contributed by atoms with van der Waals surface area (Å²) < 4.78 is 25.4. The van der Waals surface area contributed by atoms with Crippen molar-refractivity contribution < 1.29 is 13.2 Å². The van der Waals surface area contributed by atoms with E-state index in [0.717, 1.165) is 0 Å². The molecular formula is C10H17N5O3S. The lowest BCUT2D eigenvalue weighted by atomic mass is 10.3. The Morgan fingerprint density at radius 1 is 1.32 bits per heavy atom. The van der Waals surface area contributed by atoms with Crippen LogP contribution in [0.15, 0.2) is 23.1 Å². The Bertz CT molecular complexity index is 558. The average Bonchev–Trinajstić information content (AvgIpc) is 2.34. The highest BCUT2D eigenvalue weighted by Gasteiger charge is 2.14. The number of carbonyl (C=O) groups is 1. The first-order chi connectivity index (χ1) is 8.86. The number of sulfonamides is 1. The van der Waals surface area contributed by atoms with Gasteiger partial charge in [0.15, 0.2) is 0 Å². The zero-order valence-corrected chi connectivity index (χ0v) is 11.3. The van der Waals surface area contributed by atoms with Gasteiger partial charge in [-0.15, -0.1) is 0 Å². The van der Waals surface area contributed by atoms with E-state index in [1.54, 1.807) is 6.07 Å². The molecule has 0 bridgehead atoms. The number of carbonyl (C=O) groups excluding carboxylic acids is 1. The number of benzene rings is 1. The third-order valence-corrected chi connectivity index (χ3v) is 3.81. The maximum Gasteiger partial charge on any atom is 0.312 e. The number of hydrogen-bond donors (Lipinski definition) is 5. The molecule has 0 heterocycles. The molecule has 2 amide bonds. The molecule has 19 heavy (non-hydrogen) atoms. The van der Waals surface area contributed by atoms with E-state index >= 15 is 0 Å². The summed E-state index contributed by atoms with van der Waals surface area (Å²) in [5, 5.41) is 5.39. The van der Waals surface area contributed by atoms with Crippen LogP contribution in [-0.4, -0.2) is 34.6 Å². The van der Waals surface area contributed by atoms with Gasteiger partial charge >= 0.3 is 6.03 Å². The standard InChI is InChI=1S/C10H17N5O3S/c1-13-19(17,18)9-3-2-7(6-8(9)11)14-4-5-15-10(12)16/h2-3,6,13-14H,4-5,11H2,1H3,(H3,12,15,16). The van der Waals surface area contributed by atoms with E-state index in [4.69, 9.17) is 11.5 Å². The van der Waals surface area contributed by atoms with Gasteiger partial charge in [0.1, 0.15) is 4.90 Å². The molecular weight excluding hydrogens is 270 g/mol. The largest absolute Gasteiger partial charge is 0.398 e. The summed E-state index contributed by atoms with van der Waals surface area (Å²) in [6.07, 6.45) is 0. The molecule has 7 N–H and O–H groups in total.